The number of nitrogens with zero attached hydrogens (tertiary/aromatic N) is 2. The molecule has 0 atom stereocenters. The second-order valence-corrected chi connectivity index (χ2v) is 3.22. The Hall–Kier alpha value is -2.04. The maximum Gasteiger partial charge on any atom is 0.328 e. The molecule has 2 heterocycles. The van der Waals surface area contributed by atoms with Crippen LogP contribution >= 0.6 is 0 Å². The van der Waals surface area contributed by atoms with Gasteiger partial charge in [-0.2, -0.15) is 0 Å². The minimum Gasteiger partial charge on any atom is -0.461 e. The van der Waals surface area contributed by atoms with Gasteiger partial charge in [-0.1, -0.05) is 0 Å². The standard InChI is InChI=1S/C10H10N2O3/c1-11-4-5-12(10(11)14)7-8(13)9-3-2-6-15-9/h2-6H,7H2,1H3. The molecule has 0 unspecified atom stereocenters. The maximum atomic E-state index is 11.6. The number of aromatic nitrogens is 2. The molecular formula is C10H10N2O3. The summed E-state index contributed by atoms with van der Waals surface area (Å²) < 4.78 is 7.69. The lowest BCUT2D eigenvalue weighted by Gasteiger charge is -1.97. The molecule has 0 saturated carbocycles. The average molecular weight is 206 g/mol. The van der Waals surface area contributed by atoms with Crippen molar-refractivity contribution in [1.82, 2.24) is 9.13 Å². The highest BCUT2D eigenvalue weighted by molar-refractivity contribution is 5.93. The zero-order chi connectivity index (χ0) is 10.8. The van der Waals surface area contributed by atoms with Crippen LogP contribution in [0.25, 0.3) is 0 Å². The molecule has 5 heteroatoms. The molecule has 15 heavy (non-hydrogen) atoms. The van der Waals surface area contributed by atoms with E-state index in [1.807, 2.05) is 0 Å². The van der Waals surface area contributed by atoms with Crippen molar-refractivity contribution in [2.24, 2.45) is 7.05 Å². The second-order valence-electron chi connectivity index (χ2n) is 3.22. The summed E-state index contributed by atoms with van der Waals surface area (Å²) in [5.41, 5.74) is -0.213. The number of aryl methyl sites for hydroxylation is 1. The van der Waals surface area contributed by atoms with Crippen molar-refractivity contribution in [3.63, 3.8) is 0 Å². The van der Waals surface area contributed by atoms with Crippen LogP contribution in [0.3, 0.4) is 0 Å². The number of carbonyl (C=O) groups is 1. The Morgan fingerprint density at radius 2 is 2.27 bits per heavy atom. The quantitative estimate of drug-likeness (QED) is 0.693. The summed E-state index contributed by atoms with van der Waals surface area (Å²) in [6, 6.07) is 3.22. The van der Waals surface area contributed by atoms with Gasteiger partial charge >= 0.3 is 5.69 Å². The van der Waals surface area contributed by atoms with Crippen LogP contribution in [-0.4, -0.2) is 14.9 Å². The predicted octanol–water partition coefficient (Wildman–Crippen LogP) is 0.663. The normalized spacial score (nSPS) is 10.5. The van der Waals surface area contributed by atoms with Gasteiger partial charge in [0.25, 0.3) is 0 Å². The summed E-state index contributed by atoms with van der Waals surface area (Å²) >= 11 is 0. The van der Waals surface area contributed by atoms with Crippen LogP contribution in [0.1, 0.15) is 10.6 Å². The minimum absolute atomic E-state index is 0.00713. The largest absolute Gasteiger partial charge is 0.461 e. The van der Waals surface area contributed by atoms with E-state index in [0.29, 0.717) is 0 Å². The number of ketones is 1. The third-order valence-electron chi connectivity index (χ3n) is 2.13. The van der Waals surface area contributed by atoms with E-state index >= 15 is 0 Å². The molecule has 2 aromatic rings. The van der Waals surface area contributed by atoms with Gasteiger partial charge < -0.3 is 8.98 Å². The number of Topliss-reactive ketones (excluding diaryl/α,β-unsaturated/α-hetero) is 1. The maximum absolute atomic E-state index is 11.6. The van der Waals surface area contributed by atoms with E-state index < -0.39 is 0 Å². The molecule has 0 fully saturated rings. The number of furan rings is 1. The SMILES string of the molecule is Cn1ccn(CC(=O)c2ccco2)c1=O. The second kappa shape index (κ2) is 3.61. The lowest BCUT2D eigenvalue weighted by molar-refractivity contribution is 0.0943. The van der Waals surface area contributed by atoms with Crippen molar-refractivity contribution in [3.05, 3.63) is 47.0 Å². The molecule has 0 amide bonds. The number of rotatable bonds is 3. The van der Waals surface area contributed by atoms with Gasteiger partial charge in [0.15, 0.2) is 5.76 Å². The monoisotopic (exact) mass is 206 g/mol. The highest BCUT2D eigenvalue weighted by Gasteiger charge is 2.11. The van der Waals surface area contributed by atoms with Crippen LogP contribution in [0.5, 0.6) is 0 Å². The van der Waals surface area contributed by atoms with Gasteiger partial charge in [0.05, 0.1) is 12.8 Å². The fourth-order valence-corrected chi connectivity index (χ4v) is 1.30. The van der Waals surface area contributed by atoms with Crippen molar-refractivity contribution >= 4 is 5.78 Å². The molecule has 2 aromatic heterocycles. The number of carbonyl (C=O) groups excluding carboxylic acids is 1. The van der Waals surface area contributed by atoms with Crippen LogP contribution < -0.4 is 5.69 Å². The smallest absolute Gasteiger partial charge is 0.328 e. The molecule has 0 spiro atoms. The van der Waals surface area contributed by atoms with Gasteiger partial charge in [-0.3, -0.25) is 9.36 Å². The van der Waals surface area contributed by atoms with Crippen LogP contribution in [0, 0.1) is 0 Å². The Kier molecular flexibility index (Phi) is 2.29. The van der Waals surface area contributed by atoms with Gasteiger partial charge in [-0.15, -0.1) is 0 Å². The number of hydrogen-bond acceptors (Lipinski definition) is 3. The first-order chi connectivity index (χ1) is 7.18. The van der Waals surface area contributed by atoms with E-state index in [4.69, 9.17) is 4.42 Å². The molecule has 78 valence electrons. The van der Waals surface area contributed by atoms with Crippen molar-refractivity contribution in [2.45, 2.75) is 6.54 Å². The van der Waals surface area contributed by atoms with E-state index in [0.717, 1.165) is 0 Å². The minimum atomic E-state index is -0.215. The Morgan fingerprint density at radius 3 is 2.80 bits per heavy atom. The van der Waals surface area contributed by atoms with Gasteiger partial charge in [0.2, 0.25) is 5.78 Å². The summed E-state index contributed by atoms with van der Waals surface area (Å²) in [7, 11) is 1.64. The van der Waals surface area contributed by atoms with Gasteiger partial charge in [-0.05, 0) is 12.1 Å². The van der Waals surface area contributed by atoms with Crippen molar-refractivity contribution in [2.75, 3.05) is 0 Å². The fourth-order valence-electron chi connectivity index (χ4n) is 1.30. The Balaban J connectivity index is 2.20. The number of hydrogen-bond donors (Lipinski definition) is 0. The van der Waals surface area contributed by atoms with E-state index in [1.165, 1.54) is 15.4 Å². The average Bonchev–Trinajstić information content (AvgIpc) is 2.83. The molecular weight excluding hydrogens is 196 g/mol. The molecule has 5 nitrogen and oxygen atoms in total. The Bertz CT molecular complexity index is 519. The molecule has 0 aliphatic carbocycles. The Labute approximate surface area is 85.5 Å². The van der Waals surface area contributed by atoms with Crippen LogP contribution in [-0.2, 0) is 13.6 Å². The summed E-state index contributed by atoms with van der Waals surface area (Å²) in [5, 5.41) is 0. The highest BCUT2D eigenvalue weighted by atomic mass is 16.3. The summed E-state index contributed by atoms with van der Waals surface area (Å²) in [5.74, 6) is 0.0547. The summed E-state index contributed by atoms with van der Waals surface area (Å²) in [6.07, 6.45) is 4.61. The van der Waals surface area contributed by atoms with Crippen molar-refractivity contribution in [3.8, 4) is 0 Å². The summed E-state index contributed by atoms with van der Waals surface area (Å²) in [4.78, 5) is 23.0. The first-order valence-electron chi connectivity index (χ1n) is 4.47. The highest BCUT2D eigenvalue weighted by Crippen LogP contribution is 2.02. The zero-order valence-corrected chi connectivity index (χ0v) is 8.21. The van der Waals surface area contributed by atoms with Crippen molar-refractivity contribution in [1.29, 1.82) is 0 Å². The van der Waals surface area contributed by atoms with E-state index in [-0.39, 0.29) is 23.8 Å². The third kappa shape index (κ3) is 1.76. The lowest BCUT2D eigenvalue weighted by Crippen LogP contribution is -2.25. The first-order valence-corrected chi connectivity index (χ1v) is 4.47. The van der Waals surface area contributed by atoms with Gasteiger partial charge in [-0.25, -0.2) is 4.79 Å². The first kappa shape index (κ1) is 9.51. The van der Waals surface area contributed by atoms with E-state index in [1.54, 1.807) is 31.6 Å². The molecule has 2 rings (SSSR count). The molecule has 0 N–H and O–H groups in total. The summed E-state index contributed by atoms with van der Waals surface area (Å²) in [6.45, 7) is 0.00713. The molecule has 0 bridgehead atoms. The Morgan fingerprint density at radius 1 is 1.47 bits per heavy atom. The molecule has 0 aliphatic heterocycles. The zero-order valence-electron chi connectivity index (χ0n) is 8.21. The molecule has 0 radical (unpaired) electrons. The van der Waals surface area contributed by atoms with Crippen molar-refractivity contribution < 1.29 is 9.21 Å². The predicted molar refractivity (Wildman–Crippen MR) is 52.7 cm³/mol. The molecule has 0 saturated heterocycles. The fraction of sp³-hybridized carbons (Fsp3) is 0.200. The molecule has 0 aliphatic rings. The van der Waals surface area contributed by atoms with Crippen LogP contribution in [0.4, 0.5) is 0 Å². The van der Waals surface area contributed by atoms with E-state index in [2.05, 4.69) is 0 Å². The number of imidazole rings is 1. The topological polar surface area (TPSA) is 57.1 Å². The van der Waals surface area contributed by atoms with Crippen LogP contribution in [0.2, 0.25) is 0 Å². The lowest BCUT2D eigenvalue weighted by atomic mass is 10.3. The molecule has 0 aromatic carbocycles. The van der Waals surface area contributed by atoms with Gasteiger partial charge in [0.1, 0.15) is 0 Å². The van der Waals surface area contributed by atoms with Crippen LogP contribution in [0.15, 0.2) is 40.0 Å². The third-order valence-corrected chi connectivity index (χ3v) is 2.13. The van der Waals surface area contributed by atoms with E-state index in [9.17, 15) is 9.59 Å². The van der Waals surface area contributed by atoms with Gasteiger partial charge in [0, 0.05) is 19.4 Å².